The summed E-state index contributed by atoms with van der Waals surface area (Å²) in [6.07, 6.45) is 0. The predicted molar refractivity (Wildman–Crippen MR) is 93.0 cm³/mol. The lowest BCUT2D eigenvalue weighted by atomic mass is 10.0. The van der Waals surface area contributed by atoms with E-state index in [1.165, 1.54) is 0 Å². The van der Waals surface area contributed by atoms with E-state index in [4.69, 9.17) is 10.5 Å². The molecular weight excluding hydrogens is 288 g/mol. The summed E-state index contributed by atoms with van der Waals surface area (Å²) in [7, 11) is 1.63. The smallest absolute Gasteiger partial charge is 0.251 e. The van der Waals surface area contributed by atoms with E-state index in [1.54, 1.807) is 19.2 Å². The van der Waals surface area contributed by atoms with Crippen LogP contribution in [0.2, 0.25) is 0 Å². The maximum Gasteiger partial charge on any atom is 0.251 e. The molecule has 116 valence electrons. The Bertz CT molecular complexity index is 870. The molecule has 23 heavy (non-hydrogen) atoms. The average Bonchev–Trinajstić information content (AvgIpc) is 2.56. The number of carbonyl (C=O) groups is 1. The van der Waals surface area contributed by atoms with Crippen LogP contribution in [0.25, 0.3) is 10.8 Å². The molecule has 0 radical (unpaired) electrons. The van der Waals surface area contributed by atoms with Crippen LogP contribution in [-0.4, -0.2) is 13.0 Å². The number of benzene rings is 3. The molecule has 0 saturated carbocycles. The summed E-state index contributed by atoms with van der Waals surface area (Å²) in [6, 6.07) is 16.9. The van der Waals surface area contributed by atoms with Crippen molar-refractivity contribution in [3.05, 3.63) is 65.7 Å². The van der Waals surface area contributed by atoms with Crippen molar-refractivity contribution in [1.29, 1.82) is 0 Å². The fourth-order valence-corrected chi connectivity index (χ4v) is 2.54. The lowest BCUT2D eigenvalue weighted by Gasteiger charge is -2.12. The van der Waals surface area contributed by atoms with Crippen LogP contribution >= 0.6 is 0 Å². The van der Waals surface area contributed by atoms with Gasteiger partial charge in [-0.05, 0) is 54.3 Å². The first kappa shape index (κ1) is 14.9. The van der Waals surface area contributed by atoms with Gasteiger partial charge in [-0.1, -0.05) is 18.2 Å². The molecule has 0 spiro atoms. The third-order valence-corrected chi connectivity index (χ3v) is 3.76. The lowest BCUT2D eigenvalue weighted by molar-refractivity contribution is 0.0962. The van der Waals surface area contributed by atoms with Gasteiger partial charge in [-0.25, -0.2) is 0 Å². The molecule has 0 aromatic heterocycles. The Balaban J connectivity index is 2.09. The van der Waals surface area contributed by atoms with E-state index < -0.39 is 0 Å². The monoisotopic (exact) mass is 306 g/mol. The number of rotatable bonds is 3. The van der Waals surface area contributed by atoms with Crippen LogP contribution in [0.5, 0.6) is 11.5 Å². The van der Waals surface area contributed by atoms with Crippen LogP contribution in [0, 0.1) is 6.92 Å². The lowest BCUT2D eigenvalue weighted by Crippen LogP contribution is -2.18. The quantitative estimate of drug-likeness (QED) is 0.722. The van der Waals surface area contributed by atoms with Gasteiger partial charge in [0.2, 0.25) is 0 Å². The number of hydrogen-bond donors (Lipinski definition) is 2. The Morgan fingerprint density at radius 3 is 2.52 bits per heavy atom. The summed E-state index contributed by atoms with van der Waals surface area (Å²) >= 11 is 0. The van der Waals surface area contributed by atoms with E-state index in [0.717, 1.165) is 16.3 Å². The highest BCUT2D eigenvalue weighted by Gasteiger charge is 2.11. The molecule has 0 aliphatic rings. The number of hydrogen-bond acceptors (Lipinski definition) is 3. The van der Waals surface area contributed by atoms with Crippen LogP contribution in [0.15, 0.2) is 54.6 Å². The number of anilines is 1. The van der Waals surface area contributed by atoms with Crippen LogP contribution < -0.4 is 15.8 Å². The molecule has 4 nitrogen and oxygen atoms in total. The van der Waals surface area contributed by atoms with Gasteiger partial charge in [-0.3, -0.25) is 4.79 Å². The van der Waals surface area contributed by atoms with Gasteiger partial charge in [-0.2, -0.15) is 0 Å². The summed E-state index contributed by atoms with van der Waals surface area (Å²) < 4.78 is 5.97. The minimum absolute atomic E-state index is 0.105. The van der Waals surface area contributed by atoms with Gasteiger partial charge < -0.3 is 15.8 Å². The average molecular weight is 306 g/mol. The zero-order chi connectivity index (χ0) is 16.4. The van der Waals surface area contributed by atoms with E-state index in [2.05, 4.69) is 5.32 Å². The summed E-state index contributed by atoms with van der Waals surface area (Å²) in [5.74, 6) is 1.30. The zero-order valence-electron chi connectivity index (χ0n) is 13.1. The molecule has 0 aliphatic heterocycles. The molecule has 4 heteroatoms. The number of aryl methyl sites for hydroxylation is 1. The van der Waals surface area contributed by atoms with Crippen molar-refractivity contribution >= 4 is 22.4 Å². The molecule has 3 rings (SSSR count). The van der Waals surface area contributed by atoms with E-state index in [9.17, 15) is 4.79 Å². The van der Waals surface area contributed by atoms with E-state index >= 15 is 0 Å². The fraction of sp³-hybridized carbons (Fsp3) is 0.105. The van der Waals surface area contributed by atoms with Gasteiger partial charge in [0.15, 0.2) is 0 Å². The van der Waals surface area contributed by atoms with Gasteiger partial charge in [0, 0.05) is 23.7 Å². The highest BCUT2D eigenvalue weighted by molar-refractivity contribution is 6.01. The largest absolute Gasteiger partial charge is 0.457 e. The third-order valence-electron chi connectivity index (χ3n) is 3.76. The van der Waals surface area contributed by atoms with Crippen molar-refractivity contribution in [2.45, 2.75) is 6.92 Å². The second-order valence-electron chi connectivity index (χ2n) is 5.39. The molecule has 0 heterocycles. The molecule has 0 unspecified atom stereocenters. The number of nitrogen functional groups attached to an aromatic ring is 1. The molecule has 0 bridgehead atoms. The molecule has 3 aromatic rings. The SMILES string of the molecule is CNC(=O)c1cc2c(Oc3ccc(N)cc3)cccc2cc1C. The second-order valence-corrected chi connectivity index (χ2v) is 5.39. The van der Waals surface area contributed by atoms with E-state index in [-0.39, 0.29) is 5.91 Å². The number of nitrogens with one attached hydrogen (secondary N) is 1. The van der Waals surface area contributed by atoms with Gasteiger partial charge in [0.1, 0.15) is 11.5 Å². The number of fused-ring (bicyclic) bond motifs is 1. The summed E-state index contributed by atoms with van der Waals surface area (Å²) in [5, 5.41) is 4.60. The van der Waals surface area contributed by atoms with Gasteiger partial charge in [-0.15, -0.1) is 0 Å². The zero-order valence-corrected chi connectivity index (χ0v) is 13.1. The van der Waals surface area contributed by atoms with Crippen LogP contribution in [0.3, 0.4) is 0 Å². The normalized spacial score (nSPS) is 10.5. The molecule has 0 atom stereocenters. The maximum absolute atomic E-state index is 12.0. The molecule has 0 aliphatic carbocycles. The number of carbonyl (C=O) groups excluding carboxylic acids is 1. The van der Waals surface area contributed by atoms with E-state index in [1.807, 2.05) is 49.4 Å². The standard InChI is InChI=1S/C19H18N2O2/c1-12-10-13-4-3-5-18(17(13)11-16(12)19(22)21-2)23-15-8-6-14(20)7-9-15/h3-11H,20H2,1-2H3,(H,21,22). The van der Waals surface area contributed by atoms with Crippen molar-refractivity contribution in [2.24, 2.45) is 0 Å². The maximum atomic E-state index is 12.0. The van der Waals surface area contributed by atoms with Gasteiger partial charge in [0.25, 0.3) is 5.91 Å². The Morgan fingerprint density at radius 1 is 1.09 bits per heavy atom. The van der Waals surface area contributed by atoms with Gasteiger partial charge >= 0.3 is 0 Å². The second kappa shape index (κ2) is 6.01. The Hall–Kier alpha value is -3.01. The Morgan fingerprint density at radius 2 is 1.83 bits per heavy atom. The van der Waals surface area contributed by atoms with Gasteiger partial charge in [0.05, 0.1) is 0 Å². The molecule has 3 aromatic carbocycles. The molecule has 0 fully saturated rings. The first-order chi connectivity index (χ1) is 11.1. The molecule has 1 amide bonds. The van der Waals surface area contributed by atoms with Crippen molar-refractivity contribution < 1.29 is 9.53 Å². The Labute approximate surface area is 134 Å². The Kier molecular flexibility index (Phi) is 3.89. The van der Waals surface area contributed by atoms with Crippen LogP contribution in [-0.2, 0) is 0 Å². The molecule has 3 N–H and O–H groups in total. The van der Waals surface area contributed by atoms with Crippen LogP contribution in [0.4, 0.5) is 5.69 Å². The minimum Gasteiger partial charge on any atom is -0.457 e. The number of nitrogens with two attached hydrogens (primary N) is 1. The highest BCUT2D eigenvalue weighted by atomic mass is 16.5. The number of amides is 1. The summed E-state index contributed by atoms with van der Waals surface area (Å²) in [4.78, 5) is 12.0. The van der Waals surface area contributed by atoms with E-state index in [0.29, 0.717) is 22.7 Å². The summed E-state index contributed by atoms with van der Waals surface area (Å²) in [6.45, 7) is 1.93. The fourth-order valence-electron chi connectivity index (χ4n) is 2.54. The first-order valence-corrected chi connectivity index (χ1v) is 7.37. The predicted octanol–water partition coefficient (Wildman–Crippen LogP) is 3.88. The third kappa shape index (κ3) is 2.97. The van der Waals surface area contributed by atoms with Crippen molar-refractivity contribution in [2.75, 3.05) is 12.8 Å². The highest BCUT2D eigenvalue weighted by Crippen LogP contribution is 2.32. The first-order valence-electron chi connectivity index (χ1n) is 7.37. The number of ether oxygens (including phenoxy) is 1. The van der Waals surface area contributed by atoms with Crippen molar-refractivity contribution in [3.63, 3.8) is 0 Å². The van der Waals surface area contributed by atoms with Crippen LogP contribution in [0.1, 0.15) is 15.9 Å². The molecular formula is C19H18N2O2. The van der Waals surface area contributed by atoms with Crippen molar-refractivity contribution in [3.8, 4) is 11.5 Å². The summed E-state index contributed by atoms with van der Waals surface area (Å²) in [5.41, 5.74) is 7.96. The topological polar surface area (TPSA) is 64.3 Å². The minimum atomic E-state index is -0.105. The molecule has 0 saturated heterocycles. The van der Waals surface area contributed by atoms with Crippen molar-refractivity contribution in [1.82, 2.24) is 5.32 Å².